The van der Waals surface area contributed by atoms with Crippen LogP contribution in [0.1, 0.15) is 32.0 Å². The third kappa shape index (κ3) is 3.48. The van der Waals surface area contributed by atoms with Crippen LogP contribution >= 0.6 is 11.8 Å². The molecule has 2 aromatic carbocycles. The van der Waals surface area contributed by atoms with Gasteiger partial charge in [-0.05, 0) is 42.5 Å². The molecule has 0 unspecified atom stereocenters. The van der Waals surface area contributed by atoms with E-state index in [-0.39, 0.29) is 11.8 Å². The van der Waals surface area contributed by atoms with Crippen LogP contribution in [0, 0.1) is 5.92 Å². The monoisotopic (exact) mass is 379 g/mol. The quantitative estimate of drug-likeness (QED) is 0.590. The molecule has 27 heavy (non-hydrogen) atoms. The van der Waals surface area contributed by atoms with E-state index in [1.807, 2.05) is 23.1 Å². The Kier molecular flexibility index (Phi) is 4.96. The summed E-state index contributed by atoms with van der Waals surface area (Å²) < 4.78 is 2.32. The van der Waals surface area contributed by atoms with Gasteiger partial charge < -0.3 is 9.47 Å². The number of hydrogen-bond acceptors (Lipinski definition) is 3. The third-order valence-corrected chi connectivity index (χ3v) is 5.81. The highest BCUT2D eigenvalue weighted by Crippen LogP contribution is 2.34. The van der Waals surface area contributed by atoms with E-state index in [4.69, 9.17) is 4.98 Å². The summed E-state index contributed by atoms with van der Waals surface area (Å²) in [4.78, 5) is 20.8. The van der Waals surface area contributed by atoms with Crippen molar-refractivity contribution in [1.29, 1.82) is 0 Å². The van der Waals surface area contributed by atoms with Crippen molar-refractivity contribution in [3.8, 4) is 0 Å². The molecule has 5 heteroatoms. The topological polar surface area (TPSA) is 38.1 Å². The number of carbonyl (C=O) groups is 1. The van der Waals surface area contributed by atoms with Crippen molar-refractivity contribution in [2.75, 3.05) is 17.7 Å². The van der Waals surface area contributed by atoms with Gasteiger partial charge in [-0.25, -0.2) is 4.98 Å². The van der Waals surface area contributed by atoms with Crippen LogP contribution in [-0.2, 0) is 11.3 Å². The first-order valence-corrected chi connectivity index (χ1v) is 10.7. The fourth-order valence-electron chi connectivity index (χ4n) is 3.87. The van der Waals surface area contributed by atoms with E-state index < -0.39 is 0 Å². The number of carbonyl (C=O) groups excluding carboxylic acids is 1. The molecule has 0 bridgehead atoms. The van der Waals surface area contributed by atoms with E-state index >= 15 is 0 Å². The van der Waals surface area contributed by atoms with E-state index in [2.05, 4.69) is 55.0 Å². The maximum absolute atomic E-state index is 12.8. The standard InChI is InChI=1S/C22H25N3OS/c1-15(2)13-25-20-10-5-4-9-19(20)23-22(25)16-11-21(26)24(14-16)17-7-6-8-18(12-17)27-3/h4-10,12,15-16H,11,13-14H2,1-3H3/t16-/m1/s1. The van der Waals surface area contributed by atoms with Crippen LogP contribution in [0.4, 0.5) is 5.69 Å². The molecule has 1 aromatic heterocycles. The highest BCUT2D eigenvalue weighted by Gasteiger charge is 2.35. The van der Waals surface area contributed by atoms with Gasteiger partial charge in [-0.2, -0.15) is 0 Å². The van der Waals surface area contributed by atoms with Gasteiger partial charge in [-0.3, -0.25) is 4.79 Å². The van der Waals surface area contributed by atoms with Gasteiger partial charge in [-0.1, -0.05) is 32.0 Å². The van der Waals surface area contributed by atoms with Crippen LogP contribution in [0.3, 0.4) is 0 Å². The smallest absolute Gasteiger partial charge is 0.227 e. The van der Waals surface area contributed by atoms with Gasteiger partial charge in [0, 0.05) is 36.0 Å². The third-order valence-electron chi connectivity index (χ3n) is 5.09. The maximum Gasteiger partial charge on any atom is 0.227 e. The Hall–Kier alpha value is -2.27. The SMILES string of the molecule is CSc1cccc(N2C[C@H](c3nc4ccccc4n3CC(C)C)CC2=O)c1. The van der Waals surface area contributed by atoms with Gasteiger partial charge in [0.2, 0.25) is 5.91 Å². The lowest BCUT2D eigenvalue weighted by Crippen LogP contribution is -2.24. The molecule has 0 N–H and O–H groups in total. The Morgan fingerprint density at radius 1 is 1.19 bits per heavy atom. The summed E-state index contributed by atoms with van der Waals surface area (Å²) in [6.07, 6.45) is 2.58. The number of fused-ring (bicyclic) bond motifs is 1. The van der Waals surface area contributed by atoms with E-state index in [0.29, 0.717) is 18.9 Å². The maximum atomic E-state index is 12.8. The van der Waals surface area contributed by atoms with Crippen LogP contribution < -0.4 is 4.90 Å². The van der Waals surface area contributed by atoms with E-state index in [1.165, 1.54) is 4.90 Å². The Morgan fingerprint density at radius 3 is 2.78 bits per heavy atom. The number of aromatic nitrogens is 2. The summed E-state index contributed by atoms with van der Waals surface area (Å²) in [5, 5.41) is 0. The summed E-state index contributed by atoms with van der Waals surface area (Å²) in [5.41, 5.74) is 3.17. The summed E-state index contributed by atoms with van der Waals surface area (Å²) >= 11 is 1.70. The molecule has 1 aliphatic rings. The average molecular weight is 380 g/mol. The van der Waals surface area contributed by atoms with Crippen molar-refractivity contribution in [2.24, 2.45) is 5.92 Å². The van der Waals surface area contributed by atoms with Crippen molar-refractivity contribution < 1.29 is 4.79 Å². The molecule has 2 heterocycles. The molecule has 4 rings (SSSR count). The zero-order valence-corrected chi connectivity index (χ0v) is 16.9. The molecule has 3 aromatic rings. The van der Waals surface area contributed by atoms with Gasteiger partial charge in [0.25, 0.3) is 0 Å². The summed E-state index contributed by atoms with van der Waals surface area (Å²) in [6, 6.07) is 16.5. The summed E-state index contributed by atoms with van der Waals surface area (Å²) in [6.45, 7) is 6.05. The van der Waals surface area contributed by atoms with Gasteiger partial charge in [0.1, 0.15) is 5.82 Å². The summed E-state index contributed by atoms with van der Waals surface area (Å²) in [7, 11) is 0. The van der Waals surface area contributed by atoms with Gasteiger partial charge in [0.15, 0.2) is 0 Å². The Morgan fingerprint density at radius 2 is 2.00 bits per heavy atom. The Bertz CT molecular complexity index is 979. The fourth-order valence-corrected chi connectivity index (χ4v) is 4.32. The lowest BCUT2D eigenvalue weighted by Gasteiger charge is -2.18. The molecule has 1 aliphatic heterocycles. The predicted molar refractivity (Wildman–Crippen MR) is 113 cm³/mol. The number of nitrogens with zero attached hydrogens (tertiary/aromatic N) is 3. The minimum atomic E-state index is 0.126. The highest BCUT2D eigenvalue weighted by atomic mass is 32.2. The Labute approximate surface area is 164 Å². The zero-order chi connectivity index (χ0) is 19.0. The molecule has 0 aliphatic carbocycles. The molecule has 1 saturated heterocycles. The number of hydrogen-bond donors (Lipinski definition) is 0. The number of rotatable bonds is 5. The van der Waals surface area contributed by atoms with E-state index in [1.54, 1.807) is 11.8 Å². The number of thioether (sulfide) groups is 1. The van der Waals surface area contributed by atoms with Crippen LogP contribution in [0.5, 0.6) is 0 Å². The first kappa shape index (κ1) is 18.1. The first-order chi connectivity index (χ1) is 13.1. The van der Waals surface area contributed by atoms with Crippen LogP contribution in [0.2, 0.25) is 0 Å². The molecule has 4 nitrogen and oxygen atoms in total. The van der Waals surface area contributed by atoms with Crippen LogP contribution in [-0.4, -0.2) is 28.3 Å². The van der Waals surface area contributed by atoms with Crippen LogP contribution in [0.25, 0.3) is 11.0 Å². The second-order valence-electron chi connectivity index (χ2n) is 7.57. The molecule has 0 spiro atoms. The van der Waals surface area contributed by atoms with Crippen molar-refractivity contribution in [3.05, 3.63) is 54.4 Å². The minimum absolute atomic E-state index is 0.126. The molecule has 0 saturated carbocycles. The normalized spacial score (nSPS) is 17.4. The van der Waals surface area contributed by atoms with Crippen molar-refractivity contribution in [2.45, 2.75) is 37.6 Å². The van der Waals surface area contributed by atoms with E-state index in [0.717, 1.165) is 29.1 Å². The van der Waals surface area contributed by atoms with Crippen molar-refractivity contribution >= 4 is 34.4 Å². The Balaban J connectivity index is 1.69. The molecule has 1 atom stereocenters. The first-order valence-electron chi connectivity index (χ1n) is 9.46. The number of amides is 1. The number of anilines is 1. The van der Waals surface area contributed by atoms with Gasteiger partial charge in [0.05, 0.1) is 11.0 Å². The molecule has 1 fully saturated rings. The lowest BCUT2D eigenvalue weighted by atomic mass is 10.1. The van der Waals surface area contributed by atoms with Crippen LogP contribution in [0.15, 0.2) is 53.4 Å². The zero-order valence-electron chi connectivity index (χ0n) is 16.1. The number of para-hydroxylation sites is 2. The van der Waals surface area contributed by atoms with Crippen molar-refractivity contribution in [1.82, 2.24) is 9.55 Å². The predicted octanol–water partition coefficient (Wildman–Crippen LogP) is 4.93. The van der Waals surface area contributed by atoms with Gasteiger partial charge >= 0.3 is 0 Å². The highest BCUT2D eigenvalue weighted by molar-refractivity contribution is 7.98. The largest absolute Gasteiger partial charge is 0.327 e. The summed E-state index contributed by atoms with van der Waals surface area (Å²) in [5.74, 6) is 1.87. The second-order valence-corrected chi connectivity index (χ2v) is 8.45. The lowest BCUT2D eigenvalue weighted by molar-refractivity contribution is -0.117. The number of benzene rings is 2. The minimum Gasteiger partial charge on any atom is -0.327 e. The second kappa shape index (κ2) is 7.39. The molecular weight excluding hydrogens is 354 g/mol. The van der Waals surface area contributed by atoms with Crippen molar-refractivity contribution in [3.63, 3.8) is 0 Å². The number of imidazole rings is 1. The average Bonchev–Trinajstić information content (AvgIpc) is 3.22. The fraction of sp³-hybridized carbons (Fsp3) is 0.364. The molecule has 140 valence electrons. The molecular formula is C22H25N3OS. The molecule has 0 radical (unpaired) electrons. The van der Waals surface area contributed by atoms with E-state index in [9.17, 15) is 4.79 Å². The van der Waals surface area contributed by atoms with Gasteiger partial charge in [-0.15, -0.1) is 11.8 Å². The molecule has 1 amide bonds.